The van der Waals surface area contributed by atoms with Crippen LogP contribution in [0.5, 0.6) is 0 Å². The van der Waals surface area contributed by atoms with E-state index in [4.69, 9.17) is 0 Å². The maximum Gasteiger partial charge on any atom is 0.292 e. The number of anilines is 1. The molecule has 0 spiro atoms. The monoisotopic (exact) mass is 326 g/mol. The summed E-state index contributed by atoms with van der Waals surface area (Å²) in [5.41, 5.74) is 0.666. The molecule has 2 aromatic heterocycles. The largest absolute Gasteiger partial charge is 0.339 e. The van der Waals surface area contributed by atoms with Crippen molar-refractivity contribution in [1.29, 1.82) is 0 Å². The lowest BCUT2D eigenvalue weighted by Gasteiger charge is -2.25. The van der Waals surface area contributed by atoms with Crippen molar-refractivity contribution in [3.63, 3.8) is 0 Å². The van der Waals surface area contributed by atoms with E-state index in [1.54, 1.807) is 16.6 Å². The fourth-order valence-corrected chi connectivity index (χ4v) is 2.76. The first kappa shape index (κ1) is 14.4. The number of piperidine rings is 1. The Bertz CT molecular complexity index is 885. The molecule has 1 aromatic carbocycles. The van der Waals surface area contributed by atoms with E-state index in [1.165, 1.54) is 18.6 Å². The van der Waals surface area contributed by atoms with E-state index in [9.17, 15) is 10.1 Å². The van der Waals surface area contributed by atoms with Gasteiger partial charge < -0.3 is 4.90 Å². The highest BCUT2D eigenvalue weighted by molar-refractivity contribution is 5.57. The van der Waals surface area contributed by atoms with Crippen molar-refractivity contribution in [2.45, 2.75) is 19.3 Å². The van der Waals surface area contributed by atoms with Gasteiger partial charge >= 0.3 is 0 Å². The number of nitro groups is 1. The van der Waals surface area contributed by atoms with Crippen molar-refractivity contribution in [3.8, 4) is 11.4 Å². The first-order valence-corrected chi connectivity index (χ1v) is 7.68. The molecular formula is C14H14N8O2. The second kappa shape index (κ2) is 5.80. The smallest absolute Gasteiger partial charge is 0.292 e. The standard InChI is InChI=1S/C14H14N8O2/c23-22(24)11-6-4-10(5-7-11)12-15-16-13-17-18-14(21(13)19-12)20-8-2-1-3-9-20/h4-7H,1-3,8-9H2. The van der Waals surface area contributed by atoms with Gasteiger partial charge in [0.05, 0.1) is 4.92 Å². The molecule has 0 N–H and O–H groups in total. The number of nitrogens with zero attached hydrogens (tertiary/aromatic N) is 8. The molecule has 3 aromatic rings. The van der Waals surface area contributed by atoms with E-state index in [0.717, 1.165) is 25.9 Å². The topological polar surface area (TPSA) is 115 Å². The number of non-ortho nitro benzene ring substituents is 1. The second-order valence-electron chi connectivity index (χ2n) is 5.59. The van der Waals surface area contributed by atoms with Crippen LogP contribution in [0, 0.1) is 10.1 Å². The number of hydrogen-bond donors (Lipinski definition) is 0. The summed E-state index contributed by atoms with van der Waals surface area (Å²) in [6.07, 6.45) is 3.44. The van der Waals surface area contributed by atoms with Crippen molar-refractivity contribution in [1.82, 2.24) is 30.0 Å². The Labute approximate surface area is 136 Å². The zero-order valence-corrected chi connectivity index (χ0v) is 12.7. The van der Waals surface area contributed by atoms with Gasteiger partial charge in [-0.15, -0.1) is 25.5 Å². The molecule has 1 saturated heterocycles. The van der Waals surface area contributed by atoms with Gasteiger partial charge in [-0.1, -0.05) is 0 Å². The van der Waals surface area contributed by atoms with Crippen LogP contribution in [0.15, 0.2) is 24.3 Å². The number of nitro benzene ring substituents is 1. The Hall–Kier alpha value is -3.17. The van der Waals surface area contributed by atoms with Crippen LogP contribution >= 0.6 is 0 Å². The normalized spacial score (nSPS) is 14.9. The van der Waals surface area contributed by atoms with Gasteiger partial charge in [0.25, 0.3) is 11.5 Å². The molecular weight excluding hydrogens is 312 g/mol. The number of rotatable bonds is 3. The lowest BCUT2D eigenvalue weighted by atomic mass is 10.1. The predicted molar refractivity (Wildman–Crippen MR) is 84.5 cm³/mol. The Morgan fingerprint density at radius 1 is 0.958 bits per heavy atom. The summed E-state index contributed by atoms with van der Waals surface area (Å²) in [6, 6.07) is 6.04. The average Bonchev–Trinajstić information content (AvgIpc) is 3.05. The van der Waals surface area contributed by atoms with E-state index < -0.39 is 4.92 Å². The van der Waals surface area contributed by atoms with Gasteiger partial charge in [-0.05, 0) is 31.4 Å². The van der Waals surface area contributed by atoms with Crippen LogP contribution in [-0.2, 0) is 0 Å². The number of aromatic nitrogens is 6. The lowest BCUT2D eigenvalue weighted by Crippen LogP contribution is -2.31. The summed E-state index contributed by atoms with van der Waals surface area (Å²) >= 11 is 0. The summed E-state index contributed by atoms with van der Waals surface area (Å²) in [4.78, 5) is 12.4. The van der Waals surface area contributed by atoms with E-state index in [-0.39, 0.29) is 5.69 Å². The Morgan fingerprint density at radius 2 is 1.67 bits per heavy atom. The molecule has 1 aliphatic rings. The van der Waals surface area contributed by atoms with Crippen LogP contribution in [0.2, 0.25) is 0 Å². The Balaban J connectivity index is 1.72. The van der Waals surface area contributed by atoms with E-state index in [0.29, 0.717) is 23.1 Å². The number of hydrogen-bond acceptors (Lipinski definition) is 8. The van der Waals surface area contributed by atoms with Crippen molar-refractivity contribution in [2.75, 3.05) is 18.0 Å². The average molecular weight is 326 g/mol. The highest BCUT2D eigenvalue weighted by Gasteiger charge is 2.19. The van der Waals surface area contributed by atoms with Crippen LogP contribution in [0.4, 0.5) is 11.6 Å². The zero-order valence-electron chi connectivity index (χ0n) is 12.7. The van der Waals surface area contributed by atoms with Gasteiger partial charge in [0.2, 0.25) is 11.8 Å². The molecule has 0 amide bonds. The van der Waals surface area contributed by atoms with Crippen LogP contribution in [0.3, 0.4) is 0 Å². The van der Waals surface area contributed by atoms with Gasteiger partial charge in [0.15, 0.2) is 0 Å². The van der Waals surface area contributed by atoms with Crippen LogP contribution < -0.4 is 4.90 Å². The minimum absolute atomic E-state index is 0.0195. The molecule has 0 atom stereocenters. The fourth-order valence-electron chi connectivity index (χ4n) is 2.76. The van der Waals surface area contributed by atoms with Crippen molar-refractivity contribution in [3.05, 3.63) is 34.4 Å². The molecule has 0 saturated carbocycles. The lowest BCUT2D eigenvalue weighted by molar-refractivity contribution is -0.384. The molecule has 1 fully saturated rings. The minimum atomic E-state index is -0.444. The van der Waals surface area contributed by atoms with Crippen LogP contribution in [0.25, 0.3) is 17.2 Å². The third-order valence-corrected chi connectivity index (χ3v) is 4.01. The van der Waals surface area contributed by atoms with E-state index in [1.807, 2.05) is 0 Å². The van der Waals surface area contributed by atoms with Gasteiger partial charge in [-0.2, -0.15) is 4.52 Å². The molecule has 10 heteroatoms. The quantitative estimate of drug-likeness (QED) is 0.525. The predicted octanol–water partition coefficient (Wildman–Crippen LogP) is 1.48. The summed E-state index contributed by atoms with van der Waals surface area (Å²) in [6.45, 7) is 1.83. The molecule has 1 aliphatic heterocycles. The first-order chi connectivity index (χ1) is 11.7. The number of benzene rings is 1. The SMILES string of the molecule is O=[N+]([O-])c1ccc(-c2nnc3nnc(N4CCCCC4)n3n2)cc1. The highest BCUT2D eigenvalue weighted by Crippen LogP contribution is 2.21. The molecule has 0 bridgehead atoms. The number of fused-ring (bicyclic) bond motifs is 1. The molecule has 0 aliphatic carbocycles. The van der Waals surface area contributed by atoms with Crippen molar-refractivity contribution >= 4 is 17.4 Å². The molecule has 3 heterocycles. The summed E-state index contributed by atoms with van der Waals surface area (Å²) in [7, 11) is 0. The van der Waals surface area contributed by atoms with Crippen LogP contribution in [0.1, 0.15) is 19.3 Å². The summed E-state index contributed by atoms with van der Waals surface area (Å²) in [5.74, 6) is 1.36. The third-order valence-electron chi connectivity index (χ3n) is 4.01. The van der Waals surface area contributed by atoms with Crippen molar-refractivity contribution < 1.29 is 4.92 Å². The first-order valence-electron chi connectivity index (χ1n) is 7.68. The maximum absolute atomic E-state index is 10.7. The minimum Gasteiger partial charge on any atom is -0.339 e. The molecule has 0 unspecified atom stereocenters. The fraction of sp³-hybridized carbons (Fsp3) is 0.357. The molecule has 4 rings (SSSR count). The maximum atomic E-state index is 10.7. The third kappa shape index (κ3) is 2.51. The van der Waals surface area contributed by atoms with Gasteiger partial charge in [-0.25, -0.2) is 0 Å². The Morgan fingerprint density at radius 3 is 2.38 bits per heavy atom. The molecule has 10 nitrogen and oxygen atoms in total. The Kier molecular flexibility index (Phi) is 3.48. The zero-order chi connectivity index (χ0) is 16.5. The van der Waals surface area contributed by atoms with E-state index >= 15 is 0 Å². The van der Waals surface area contributed by atoms with Crippen molar-refractivity contribution in [2.24, 2.45) is 0 Å². The molecule has 122 valence electrons. The van der Waals surface area contributed by atoms with Gasteiger partial charge in [0, 0.05) is 30.8 Å². The summed E-state index contributed by atoms with van der Waals surface area (Å²) in [5, 5.41) is 31.5. The van der Waals surface area contributed by atoms with Crippen LogP contribution in [-0.4, -0.2) is 48.0 Å². The van der Waals surface area contributed by atoms with E-state index in [2.05, 4.69) is 30.4 Å². The second-order valence-corrected chi connectivity index (χ2v) is 5.59. The molecule has 0 radical (unpaired) electrons. The summed E-state index contributed by atoms with van der Waals surface area (Å²) < 4.78 is 1.58. The van der Waals surface area contributed by atoms with Gasteiger partial charge in [-0.3, -0.25) is 10.1 Å². The molecule has 24 heavy (non-hydrogen) atoms. The van der Waals surface area contributed by atoms with Gasteiger partial charge in [0.1, 0.15) is 0 Å². The highest BCUT2D eigenvalue weighted by atomic mass is 16.6.